The van der Waals surface area contributed by atoms with E-state index in [0.29, 0.717) is 24.3 Å². The average molecular weight is 398 g/mol. The van der Waals surface area contributed by atoms with E-state index in [0.717, 1.165) is 6.42 Å². The monoisotopic (exact) mass is 398 g/mol. The van der Waals surface area contributed by atoms with Gasteiger partial charge >= 0.3 is 5.97 Å². The molecule has 0 bridgehead atoms. The van der Waals surface area contributed by atoms with Gasteiger partial charge in [-0.15, -0.1) is 0 Å². The molecule has 2 heterocycles. The van der Waals surface area contributed by atoms with Crippen molar-refractivity contribution in [2.75, 3.05) is 18.5 Å². The molecule has 1 saturated heterocycles. The van der Waals surface area contributed by atoms with Crippen LogP contribution in [0.4, 0.5) is 5.69 Å². The first-order chi connectivity index (χ1) is 13.9. The van der Waals surface area contributed by atoms with Crippen LogP contribution < -0.4 is 5.32 Å². The highest BCUT2D eigenvalue weighted by atomic mass is 16.5. The molecule has 1 aliphatic rings. The summed E-state index contributed by atoms with van der Waals surface area (Å²) in [5.74, 6) is -0.812. The van der Waals surface area contributed by atoms with Gasteiger partial charge in [0, 0.05) is 24.3 Å². The molecule has 1 fully saturated rings. The van der Waals surface area contributed by atoms with Gasteiger partial charge in [-0.3, -0.25) is 9.59 Å². The van der Waals surface area contributed by atoms with E-state index in [1.807, 2.05) is 19.9 Å². The Morgan fingerprint density at radius 2 is 2.07 bits per heavy atom. The van der Waals surface area contributed by atoms with Gasteiger partial charge < -0.3 is 15.0 Å². The van der Waals surface area contributed by atoms with Crippen LogP contribution in [0.25, 0.3) is 5.69 Å². The Morgan fingerprint density at radius 3 is 2.79 bits per heavy atom. The van der Waals surface area contributed by atoms with Crippen molar-refractivity contribution in [3.05, 3.63) is 42.2 Å². The fraction of sp³-hybridized carbons (Fsp3) is 0.429. The fourth-order valence-corrected chi connectivity index (χ4v) is 3.37. The molecule has 0 aliphatic carbocycles. The fourth-order valence-electron chi connectivity index (χ4n) is 3.37. The number of aromatic nitrogens is 2. The number of hydrogen-bond donors (Lipinski definition) is 1. The molecule has 1 atom stereocenters. The number of likely N-dealkylation sites (tertiary alicyclic amines) is 1. The number of nitrogens with zero attached hydrogens (tertiary/aromatic N) is 3. The molecule has 29 heavy (non-hydrogen) atoms. The lowest BCUT2D eigenvalue weighted by Crippen LogP contribution is -2.44. The molecule has 1 N–H and O–H groups in total. The Hall–Kier alpha value is -3.16. The Labute approximate surface area is 169 Å². The van der Waals surface area contributed by atoms with Crippen molar-refractivity contribution in [2.24, 2.45) is 5.92 Å². The molecule has 0 unspecified atom stereocenters. The SMILES string of the molecule is CCOC(=O)c1ccn(-c2cccc(NC(=O)[C@@H]3CCCN3C(=O)C(C)C)c2)n1. The molecular weight excluding hydrogens is 372 g/mol. The second-order valence-corrected chi connectivity index (χ2v) is 7.25. The van der Waals surface area contributed by atoms with Gasteiger partial charge in [0.1, 0.15) is 6.04 Å². The van der Waals surface area contributed by atoms with Crippen molar-refractivity contribution < 1.29 is 19.1 Å². The van der Waals surface area contributed by atoms with Gasteiger partial charge in [0.2, 0.25) is 11.8 Å². The van der Waals surface area contributed by atoms with E-state index < -0.39 is 12.0 Å². The standard InChI is InChI=1S/C21H26N4O4/c1-4-29-21(28)17-10-12-25(23-17)16-8-5-7-15(13-16)22-19(26)18-9-6-11-24(18)20(27)14(2)3/h5,7-8,10,12-14,18H,4,6,9,11H2,1-3H3,(H,22,26)/t18-/m0/s1. The highest BCUT2D eigenvalue weighted by Crippen LogP contribution is 2.22. The maximum Gasteiger partial charge on any atom is 0.358 e. The van der Waals surface area contributed by atoms with Crippen LogP contribution in [-0.2, 0) is 14.3 Å². The van der Waals surface area contributed by atoms with Gasteiger partial charge in [0.05, 0.1) is 12.3 Å². The van der Waals surface area contributed by atoms with Crippen molar-refractivity contribution >= 4 is 23.5 Å². The van der Waals surface area contributed by atoms with E-state index in [1.165, 1.54) is 0 Å². The largest absolute Gasteiger partial charge is 0.461 e. The lowest BCUT2D eigenvalue weighted by atomic mass is 10.1. The molecule has 2 amide bonds. The summed E-state index contributed by atoms with van der Waals surface area (Å²) in [6.07, 6.45) is 3.14. The third kappa shape index (κ3) is 4.64. The van der Waals surface area contributed by atoms with Crippen molar-refractivity contribution in [3.63, 3.8) is 0 Å². The Balaban J connectivity index is 1.72. The zero-order chi connectivity index (χ0) is 21.0. The van der Waals surface area contributed by atoms with Crippen LogP contribution in [0.1, 0.15) is 44.1 Å². The first-order valence-electron chi connectivity index (χ1n) is 9.85. The third-order valence-corrected chi connectivity index (χ3v) is 4.78. The summed E-state index contributed by atoms with van der Waals surface area (Å²) in [6.45, 7) is 6.31. The van der Waals surface area contributed by atoms with Crippen LogP contribution in [-0.4, -0.2) is 51.7 Å². The van der Waals surface area contributed by atoms with Crippen LogP contribution in [0, 0.1) is 5.92 Å². The van der Waals surface area contributed by atoms with Gasteiger partial charge in [-0.25, -0.2) is 9.48 Å². The molecule has 0 spiro atoms. The van der Waals surface area contributed by atoms with Gasteiger partial charge in [0.15, 0.2) is 5.69 Å². The highest BCUT2D eigenvalue weighted by Gasteiger charge is 2.34. The molecule has 3 rings (SSSR count). The molecule has 0 radical (unpaired) electrons. The minimum Gasteiger partial charge on any atom is -0.461 e. The molecule has 0 saturated carbocycles. The van der Waals surface area contributed by atoms with Gasteiger partial charge in [0.25, 0.3) is 0 Å². The number of rotatable bonds is 6. The topological polar surface area (TPSA) is 93.5 Å². The lowest BCUT2D eigenvalue weighted by Gasteiger charge is -2.25. The van der Waals surface area contributed by atoms with E-state index in [2.05, 4.69) is 10.4 Å². The Kier molecular flexibility index (Phi) is 6.31. The molecular formula is C21H26N4O4. The van der Waals surface area contributed by atoms with Gasteiger partial charge in [-0.05, 0) is 44.0 Å². The lowest BCUT2D eigenvalue weighted by molar-refractivity contribution is -0.139. The molecule has 2 aromatic rings. The first-order valence-corrected chi connectivity index (χ1v) is 9.85. The van der Waals surface area contributed by atoms with E-state index in [9.17, 15) is 14.4 Å². The number of carbonyl (C=O) groups excluding carboxylic acids is 3. The third-order valence-electron chi connectivity index (χ3n) is 4.78. The summed E-state index contributed by atoms with van der Waals surface area (Å²) in [5.41, 5.74) is 1.51. The molecule has 1 aromatic carbocycles. The van der Waals surface area contributed by atoms with E-state index in [-0.39, 0.29) is 30.0 Å². The quantitative estimate of drug-likeness (QED) is 0.755. The normalized spacial score (nSPS) is 16.1. The number of nitrogens with one attached hydrogen (secondary N) is 1. The maximum atomic E-state index is 12.8. The van der Waals surface area contributed by atoms with Crippen molar-refractivity contribution in [2.45, 2.75) is 39.7 Å². The summed E-state index contributed by atoms with van der Waals surface area (Å²) in [7, 11) is 0. The van der Waals surface area contributed by atoms with E-state index >= 15 is 0 Å². The minimum atomic E-state index is -0.480. The van der Waals surface area contributed by atoms with Crippen molar-refractivity contribution in [1.82, 2.24) is 14.7 Å². The van der Waals surface area contributed by atoms with Gasteiger partial charge in [-0.2, -0.15) is 5.10 Å². The molecule has 1 aromatic heterocycles. The van der Waals surface area contributed by atoms with Gasteiger partial charge in [-0.1, -0.05) is 19.9 Å². The zero-order valence-electron chi connectivity index (χ0n) is 16.9. The number of hydrogen-bond acceptors (Lipinski definition) is 5. The number of anilines is 1. The van der Waals surface area contributed by atoms with Crippen LogP contribution in [0.3, 0.4) is 0 Å². The predicted molar refractivity (Wildman–Crippen MR) is 108 cm³/mol. The molecule has 8 heteroatoms. The minimum absolute atomic E-state index is 0.000522. The summed E-state index contributed by atoms with van der Waals surface area (Å²) < 4.78 is 6.50. The van der Waals surface area contributed by atoms with Crippen LogP contribution >= 0.6 is 0 Å². The molecule has 154 valence electrons. The summed E-state index contributed by atoms with van der Waals surface area (Å²) in [4.78, 5) is 38.6. The summed E-state index contributed by atoms with van der Waals surface area (Å²) >= 11 is 0. The first kappa shape index (κ1) is 20.6. The highest BCUT2D eigenvalue weighted by molar-refractivity contribution is 5.98. The predicted octanol–water partition coefficient (Wildman–Crippen LogP) is 2.63. The van der Waals surface area contributed by atoms with E-state index in [1.54, 1.807) is 47.0 Å². The smallest absolute Gasteiger partial charge is 0.358 e. The van der Waals surface area contributed by atoms with Crippen molar-refractivity contribution in [1.29, 1.82) is 0 Å². The van der Waals surface area contributed by atoms with Crippen LogP contribution in [0.2, 0.25) is 0 Å². The van der Waals surface area contributed by atoms with Crippen molar-refractivity contribution in [3.8, 4) is 5.69 Å². The Morgan fingerprint density at radius 1 is 1.28 bits per heavy atom. The average Bonchev–Trinajstić information content (AvgIpc) is 3.37. The number of amides is 2. The van der Waals surface area contributed by atoms with Crippen LogP contribution in [0.15, 0.2) is 36.5 Å². The van der Waals surface area contributed by atoms with E-state index in [4.69, 9.17) is 4.74 Å². The second kappa shape index (κ2) is 8.89. The summed E-state index contributed by atoms with van der Waals surface area (Å²) in [6, 6.07) is 8.29. The van der Waals surface area contributed by atoms with Crippen LogP contribution in [0.5, 0.6) is 0 Å². The summed E-state index contributed by atoms with van der Waals surface area (Å²) in [5, 5.41) is 7.13. The molecule has 8 nitrogen and oxygen atoms in total. The number of ether oxygens (including phenoxy) is 1. The second-order valence-electron chi connectivity index (χ2n) is 7.25. The number of carbonyl (C=O) groups is 3. The molecule has 1 aliphatic heterocycles. The number of esters is 1. The zero-order valence-corrected chi connectivity index (χ0v) is 16.9. The Bertz CT molecular complexity index is 906. The maximum absolute atomic E-state index is 12.8. The number of benzene rings is 1.